The number of nitrogens with zero attached hydrogens (tertiary/aromatic N) is 1. The lowest BCUT2D eigenvalue weighted by atomic mass is 9.92. The predicted molar refractivity (Wildman–Crippen MR) is 99.7 cm³/mol. The second-order valence-corrected chi connectivity index (χ2v) is 9.11. The van der Waals surface area contributed by atoms with E-state index in [1.807, 2.05) is 0 Å². The van der Waals surface area contributed by atoms with Gasteiger partial charge >= 0.3 is 6.18 Å². The lowest BCUT2D eigenvalue weighted by Crippen LogP contribution is -2.24. The Hall–Kier alpha value is -2.21. The Bertz CT molecular complexity index is 815. The summed E-state index contributed by atoms with van der Waals surface area (Å²) in [6.07, 6.45) is -2.54. The number of rotatable bonds is 10. The molecule has 0 spiro atoms. The second kappa shape index (κ2) is 10.4. The molecule has 0 aliphatic rings. The number of nitriles is 1. The van der Waals surface area contributed by atoms with Gasteiger partial charge in [-0.25, -0.2) is 8.42 Å². The third kappa shape index (κ3) is 7.80. The van der Waals surface area contributed by atoms with Crippen LogP contribution in [0.15, 0.2) is 35.3 Å². The van der Waals surface area contributed by atoms with E-state index >= 15 is 0 Å². The molecule has 0 aromatic rings. The smallest absolute Gasteiger partial charge is 0.294 e. The molecule has 0 rings (SSSR count). The van der Waals surface area contributed by atoms with Crippen LogP contribution in [0.3, 0.4) is 0 Å². The Morgan fingerprint density at radius 2 is 1.57 bits per heavy atom. The van der Waals surface area contributed by atoms with Crippen LogP contribution in [-0.4, -0.2) is 31.4 Å². The zero-order chi connectivity index (χ0) is 22.3. The van der Waals surface area contributed by atoms with E-state index in [2.05, 4.69) is 6.58 Å². The molecule has 0 N–H and O–H groups in total. The maximum absolute atomic E-state index is 12.5. The highest BCUT2D eigenvalue weighted by Gasteiger charge is 2.38. The zero-order valence-corrected chi connectivity index (χ0v) is 17.0. The van der Waals surface area contributed by atoms with Crippen LogP contribution in [0, 0.1) is 23.2 Å². The molecule has 2 atom stereocenters. The number of carbonyl (C=O) groups is 2. The van der Waals surface area contributed by atoms with Crippen LogP contribution in [0.1, 0.15) is 40.5 Å². The molecule has 0 aromatic carbocycles. The van der Waals surface area contributed by atoms with Crippen molar-refractivity contribution < 1.29 is 31.2 Å². The number of halogens is 3. The monoisotopic (exact) mass is 419 g/mol. The van der Waals surface area contributed by atoms with Gasteiger partial charge in [0.2, 0.25) is 0 Å². The van der Waals surface area contributed by atoms with Crippen LogP contribution in [-0.2, 0) is 19.4 Å². The van der Waals surface area contributed by atoms with Crippen molar-refractivity contribution in [1.29, 1.82) is 5.26 Å². The van der Waals surface area contributed by atoms with Gasteiger partial charge in [-0.1, -0.05) is 32.6 Å². The topological polar surface area (TPSA) is 92.1 Å². The van der Waals surface area contributed by atoms with Crippen molar-refractivity contribution >= 4 is 21.4 Å². The molecule has 0 heterocycles. The van der Waals surface area contributed by atoms with E-state index in [1.165, 1.54) is 33.8 Å². The Morgan fingerprint density at radius 3 is 2.00 bits per heavy atom. The standard InChI is InChI=1S/C19H24F3NO4S/c1-12(2)28(26,27)10-6-7-13(3)18(25)16(11-23)9-8-14(4)17(24)15(5)19(20,21)22/h6,9-10,12-14H,5,7-8H2,1-4H3/b10-6?,16-9+. The van der Waals surface area contributed by atoms with Gasteiger partial charge in [0.1, 0.15) is 6.07 Å². The third-order valence-electron chi connectivity index (χ3n) is 4.03. The van der Waals surface area contributed by atoms with Crippen molar-refractivity contribution in [3.05, 3.63) is 35.3 Å². The molecule has 0 fully saturated rings. The fourth-order valence-electron chi connectivity index (χ4n) is 1.96. The number of carbonyl (C=O) groups excluding carboxylic acids is 2. The van der Waals surface area contributed by atoms with E-state index in [4.69, 9.17) is 5.26 Å². The van der Waals surface area contributed by atoms with E-state index in [-0.39, 0.29) is 18.4 Å². The van der Waals surface area contributed by atoms with E-state index < -0.39 is 50.2 Å². The van der Waals surface area contributed by atoms with E-state index in [0.717, 1.165) is 11.5 Å². The molecule has 9 heteroatoms. The fraction of sp³-hybridized carbons (Fsp3) is 0.526. The summed E-state index contributed by atoms with van der Waals surface area (Å²) >= 11 is 0. The molecule has 0 amide bonds. The molecule has 0 bridgehead atoms. The fourth-order valence-corrected chi connectivity index (χ4v) is 2.66. The van der Waals surface area contributed by atoms with Gasteiger partial charge < -0.3 is 0 Å². The van der Waals surface area contributed by atoms with Crippen LogP contribution in [0.4, 0.5) is 13.2 Å². The number of allylic oxidation sites excluding steroid dienone is 4. The maximum atomic E-state index is 12.5. The summed E-state index contributed by atoms with van der Waals surface area (Å²) in [5.41, 5.74) is -1.77. The predicted octanol–water partition coefficient (Wildman–Crippen LogP) is 4.08. The van der Waals surface area contributed by atoms with Gasteiger partial charge in [-0.05, 0) is 26.7 Å². The second-order valence-electron chi connectivity index (χ2n) is 6.72. The molecule has 0 aliphatic heterocycles. The SMILES string of the molecule is C=C(C(=O)C(C)C/C=C(\C#N)C(=O)C(C)CC=CS(=O)(=O)C(C)C)C(F)(F)F. The molecule has 5 nitrogen and oxygen atoms in total. The Morgan fingerprint density at radius 1 is 1.07 bits per heavy atom. The van der Waals surface area contributed by atoms with E-state index in [9.17, 15) is 31.2 Å². The number of sulfone groups is 1. The van der Waals surface area contributed by atoms with Crippen LogP contribution in [0.2, 0.25) is 0 Å². The van der Waals surface area contributed by atoms with E-state index in [0.29, 0.717) is 0 Å². The van der Waals surface area contributed by atoms with Crippen molar-refractivity contribution in [3.8, 4) is 6.07 Å². The van der Waals surface area contributed by atoms with Crippen molar-refractivity contribution in [2.45, 2.75) is 52.0 Å². The number of hydrogen-bond acceptors (Lipinski definition) is 5. The molecule has 2 unspecified atom stereocenters. The van der Waals surface area contributed by atoms with Crippen molar-refractivity contribution in [1.82, 2.24) is 0 Å². The first-order chi connectivity index (χ1) is 12.6. The highest BCUT2D eigenvalue weighted by Crippen LogP contribution is 2.28. The lowest BCUT2D eigenvalue weighted by molar-refractivity contribution is -0.131. The summed E-state index contributed by atoms with van der Waals surface area (Å²) < 4.78 is 60.9. The van der Waals surface area contributed by atoms with Crippen LogP contribution < -0.4 is 0 Å². The molecule has 0 radical (unpaired) electrons. The molecule has 0 aliphatic carbocycles. The number of hydrogen-bond donors (Lipinski definition) is 0. The molecule has 0 saturated heterocycles. The number of alkyl halides is 3. The van der Waals surface area contributed by atoms with Crippen LogP contribution in [0.5, 0.6) is 0 Å². The summed E-state index contributed by atoms with van der Waals surface area (Å²) in [6, 6.07) is 1.67. The summed E-state index contributed by atoms with van der Waals surface area (Å²) in [5.74, 6) is -3.59. The first-order valence-electron chi connectivity index (χ1n) is 8.50. The van der Waals surface area contributed by atoms with Gasteiger partial charge in [0, 0.05) is 17.2 Å². The average molecular weight is 419 g/mol. The van der Waals surface area contributed by atoms with Gasteiger partial charge in [0.05, 0.1) is 16.4 Å². The van der Waals surface area contributed by atoms with Gasteiger partial charge in [-0.3, -0.25) is 9.59 Å². The van der Waals surface area contributed by atoms with Crippen molar-refractivity contribution in [2.24, 2.45) is 11.8 Å². The highest BCUT2D eigenvalue weighted by atomic mass is 32.2. The first kappa shape index (κ1) is 25.8. The van der Waals surface area contributed by atoms with Crippen LogP contribution in [0.25, 0.3) is 0 Å². The number of Topliss-reactive ketones (excluding diaryl/α,β-unsaturated/α-hetero) is 2. The van der Waals surface area contributed by atoms with Crippen molar-refractivity contribution in [2.75, 3.05) is 0 Å². The largest absolute Gasteiger partial charge is 0.419 e. The molecule has 0 saturated carbocycles. The minimum Gasteiger partial charge on any atom is -0.294 e. The summed E-state index contributed by atoms with van der Waals surface area (Å²) in [6.45, 7) is 8.52. The summed E-state index contributed by atoms with van der Waals surface area (Å²) in [7, 11) is -3.41. The molecular formula is C19H24F3NO4S. The van der Waals surface area contributed by atoms with Gasteiger partial charge in [-0.2, -0.15) is 18.4 Å². The minimum absolute atomic E-state index is 0.0726. The van der Waals surface area contributed by atoms with E-state index in [1.54, 1.807) is 6.07 Å². The highest BCUT2D eigenvalue weighted by molar-refractivity contribution is 7.94. The maximum Gasteiger partial charge on any atom is 0.419 e. The van der Waals surface area contributed by atoms with Crippen LogP contribution >= 0.6 is 0 Å². The van der Waals surface area contributed by atoms with Gasteiger partial charge in [0.15, 0.2) is 21.4 Å². The normalized spacial score (nSPS) is 15.3. The van der Waals surface area contributed by atoms with Gasteiger partial charge in [0.25, 0.3) is 0 Å². The molecule has 156 valence electrons. The molecule has 28 heavy (non-hydrogen) atoms. The molecular weight excluding hydrogens is 395 g/mol. The number of ketones is 2. The Labute approximate surface area is 163 Å². The summed E-state index contributed by atoms with van der Waals surface area (Å²) in [4.78, 5) is 24.0. The quantitative estimate of drug-likeness (QED) is 0.393. The van der Waals surface area contributed by atoms with Crippen molar-refractivity contribution in [3.63, 3.8) is 0 Å². The Kier molecular flexibility index (Phi) is 9.55. The molecule has 0 aromatic heterocycles. The summed E-state index contributed by atoms with van der Waals surface area (Å²) in [5, 5.41) is 9.54. The third-order valence-corrected chi connectivity index (χ3v) is 5.91. The zero-order valence-electron chi connectivity index (χ0n) is 16.2. The average Bonchev–Trinajstić information content (AvgIpc) is 2.59. The Balaban J connectivity index is 5.09. The lowest BCUT2D eigenvalue weighted by Gasteiger charge is -2.13. The minimum atomic E-state index is -4.83. The van der Waals surface area contributed by atoms with Gasteiger partial charge in [-0.15, -0.1) is 0 Å². The first-order valence-corrected chi connectivity index (χ1v) is 10.1.